The monoisotopic (exact) mass is 513 g/mol. The maximum atomic E-state index is 13.4. The van der Waals surface area contributed by atoms with Gasteiger partial charge in [0.1, 0.15) is 5.75 Å². The molecule has 0 radical (unpaired) electrons. The van der Waals surface area contributed by atoms with Crippen LogP contribution >= 0.6 is 15.9 Å². The number of Topliss-reactive ketones (excluding diaryl/α,β-unsaturated/α-hetero) is 1. The van der Waals surface area contributed by atoms with Crippen LogP contribution in [0, 0.1) is 0 Å². The van der Waals surface area contributed by atoms with Crippen molar-refractivity contribution in [2.75, 3.05) is 20.8 Å². The average Bonchev–Trinajstić information content (AvgIpc) is 2.81. The van der Waals surface area contributed by atoms with E-state index in [1.165, 1.54) is 0 Å². The maximum absolute atomic E-state index is 13.4. The Bertz CT molecular complexity index is 1090. The summed E-state index contributed by atoms with van der Waals surface area (Å²) >= 11 is 3.53. The van der Waals surface area contributed by atoms with Gasteiger partial charge in [0.25, 0.3) is 0 Å². The number of carbonyl (C=O) groups is 2. The number of ether oxygens (including phenoxy) is 3. The van der Waals surface area contributed by atoms with Gasteiger partial charge in [0.05, 0.1) is 25.3 Å². The Balaban J connectivity index is 1.65. The Hall–Kier alpha value is -2.80. The molecule has 33 heavy (non-hydrogen) atoms. The first-order valence-corrected chi connectivity index (χ1v) is 11.9. The molecule has 174 valence electrons. The Morgan fingerprint density at radius 1 is 1.00 bits per heavy atom. The van der Waals surface area contributed by atoms with Crippen molar-refractivity contribution in [3.05, 3.63) is 63.3 Å². The number of halogens is 1. The van der Waals surface area contributed by atoms with E-state index in [1.54, 1.807) is 14.2 Å². The number of hydrogen-bond acceptors (Lipinski definition) is 5. The van der Waals surface area contributed by atoms with Crippen LogP contribution < -0.4 is 19.5 Å². The molecule has 6 nitrogen and oxygen atoms in total. The number of methoxy groups -OCH3 is 2. The molecule has 4 rings (SSSR count). The molecule has 0 aromatic heterocycles. The normalized spacial score (nSPS) is 20.2. The van der Waals surface area contributed by atoms with Gasteiger partial charge < -0.3 is 19.5 Å². The molecule has 1 N–H and O–H groups in total. The van der Waals surface area contributed by atoms with Crippen LogP contribution in [0.3, 0.4) is 0 Å². The topological polar surface area (TPSA) is 73.9 Å². The van der Waals surface area contributed by atoms with E-state index in [0.29, 0.717) is 36.5 Å². The Morgan fingerprint density at radius 2 is 1.76 bits per heavy atom. The highest BCUT2D eigenvalue weighted by Crippen LogP contribution is 2.46. The molecule has 1 amide bonds. The van der Waals surface area contributed by atoms with Gasteiger partial charge in [-0.3, -0.25) is 9.59 Å². The predicted molar refractivity (Wildman–Crippen MR) is 129 cm³/mol. The van der Waals surface area contributed by atoms with Crippen molar-refractivity contribution < 1.29 is 23.8 Å². The molecule has 1 aliphatic carbocycles. The highest BCUT2D eigenvalue weighted by atomic mass is 79.9. The standard InChI is InChI=1S/C26H28BrNO5/c1-4-9-33-18-7-5-15(6-8-18)16-11-21-25(22(29)12-16)19(14-24(30)28-21)17-10-20(27)26(32-3)23(13-17)31-2/h5-8,10,13,16,19H,4,9,11-12,14H2,1-3H3,(H,28,30). The van der Waals surface area contributed by atoms with Gasteiger partial charge in [-0.1, -0.05) is 19.1 Å². The number of hydrogen-bond donors (Lipinski definition) is 1. The van der Waals surface area contributed by atoms with Crippen LogP contribution in [0.15, 0.2) is 52.1 Å². The molecule has 2 atom stereocenters. The molecule has 2 unspecified atom stereocenters. The van der Waals surface area contributed by atoms with Crippen LogP contribution in [0.1, 0.15) is 55.6 Å². The molecule has 2 aromatic rings. The minimum Gasteiger partial charge on any atom is -0.494 e. The van der Waals surface area contributed by atoms with Crippen LogP contribution in [0.5, 0.6) is 17.2 Å². The fourth-order valence-electron chi connectivity index (χ4n) is 4.68. The lowest BCUT2D eigenvalue weighted by Gasteiger charge is -2.34. The quantitative estimate of drug-likeness (QED) is 0.546. The zero-order chi connectivity index (χ0) is 23.5. The number of carbonyl (C=O) groups excluding carboxylic acids is 2. The van der Waals surface area contributed by atoms with Gasteiger partial charge in [0.15, 0.2) is 17.3 Å². The van der Waals surface area contributed by atoms with Crippen molar-refractivity contribution in [2.24, 2.45) is 0 Å². The van der Waals surface area contributed by atoms with E-state index in [0.717, 1.165) is 33.5 Å². The minimum absolute atomic E-state index is 0.0210. The number of nitrogens with one attached hydrogen (secondary N) is 1. The second-order valence-corrected chi connectivity index (χ2v) is 9.24. The van der Waals surface area contributed by atoms with E-state index < -0.39 is 0 Å². The fourth-order valence-corrected chi connectivity index (χ4v) is 5.30. The van der Waals surface area contributed by atoms with Gasteiger partial charge in [-0.05, 0) is 70.1 Å². The van der Waals surface area contributed by atoms with Crippen LogP contribution in [0.25, 0.3) is 0 Å². The predicted octanol–water partition coefficient (Wildman–Crippen LogP) is 5.26. The maximum Gasteiger partial charge on any atom is 0.225 e. The lowest BCUT2D eigenvalue weighted by Crippen LogP contribution is -2.38. The third-order valence-electron chi connectivity index (χ3n) is 6.22. The average molecular weight is 514 g/mol. The Morgan fingerprint density at radius 3 is 2.42 bits per heavy atom. The van der Waals surface area contributed by atoms with Crippen molar-refractivity contribution in [2.45, 2.75) is 44.4 Å². The molecule has 0 spiro atoms. The largest absolute Gasteiger partial charge is 0.494 e. The van der Waals surface area contributed by atoms with E-state index in [9.17, 15) is 9.59 Å². The third-order valence-corrected chi connectivity index (χ3v) is 6.81. The van der Waals surface area contributed by atoms with Crippen molar-refractivity contribution in [3.63, 3.8) is 0 Å². The van der Waals surface area contributed by atoms with Crippen LogP contribution in [-0.2, 0) is 9.59 Å². The molecular formula is C26H28BrNO5. The molecule has 0 bridgehead atoms. The van der Waals surface area contributed by atoms with Crippen LogP contribution in [0.4, 0.5) is 0 Å². The van der Waals surface area contributed by atoms with Gasteiger partial charge in [-0.25, -0.2) is 0 Å². The summed E-state index contributed by atoms with van der Waals surface area (Å²) in [5.74, 6) is 1.66. The third kappa shape index (κ3) is 4.78. The molecule has 1 aliphatic heterocycles. The summed E-state index contributed by atoms with van der Waals surface area (Å²) < 4.78 is 17.3. The number of rotatable bonds is 7. The second-order valence-electron chi connectivity index (χ2n) is 8.38. The first kappa shape index (κ1) is 23.4. The summed E-state index contributed by atoms with van der Waals surface area (Å²) in [5.41, 5.74) is 3.36. The van der Waals surface area contributed by atoms with Crippen LogP contribution in [-0.4, -0.2) is 32.5 Å². The van der Waals surface area contributed by atoms with Gasteiger partial charge in [-0.2, -0.15) is 0 Å². The molecule has 2 aromatic carbocycles. The van der Waals surface area contributed by atoms with E-state index in [4.69, 9.17) is 14.2 Å². The van der Waals surface area contributed by atoms with Gasteiger partial charge in [0.2, 0.25) is 5.91 Å². The second kappa shape index (κ2) is 10.00. The summed E-state index contributed by atoms with van der Waals surface area (Å²) in [7, 11) is 3.14. The zero-order valence-electron chi connectivity index (χ0n) is 19.1. The summed E-state index contributed by atoms with van der Waals surface area (Å²) in [6.45, 7) is 2.75. The van der Waals surface area contributed by atoms with Crippen molar-refractivity contribution in [3.8, 4) is 17.2 Å². The van der Waals surface area contributed by atoms with E-state index in [-0.39, 0.29) is 29.9 Å². The molecule has 1 heterocycles. The lowest BCUT2D eigenvalue weighted by molar-refractivity contribution is -0.122. The molecule has 0 fully saturated rings. The summed E-state index contributed by atoms with van der Waals surface area (Å²) in [6.07, 6.45) is 2.20. The highest BCUT2D eigenvalue weighted by Gasteiger charge is 2.38. The lowest BCUT2D eigenvalue weighted by atomic mass is 9.73. The zero-order valence-corrected chi connectivity index (χ0v) is 20.7. The van der Waals surface area contributed by atoms with Crippen molar-refractivity contribution in [1.82, 2.24) is 5.32 Å². The summed E-state index contributed by atoms with van der Waals surface area (Å²) in [4.78, 5) is 26.0. The van der Waals surface area contributed by atoms with E-state index in [1.807, 2.05) is 36.4 Å². The SMILES string of the molecule is CCCOc1ccc(C2CC(=O)C3=C(C2)NC(=O)CC3c2cc(Br)c(OC)c(OC)c2)cc1. The smallest absolute Gasteiger partial charge is 0.225 e. The molecular weight excluding hydrogens is 486 g/mol. The highest BCUT2D eigenvalue weighted by molar-refractivity contribution is 9.10. The number of allylic oxidation sites excluding steroid dienone is 2. The molecule has 2 aliphatic rings. The summed E-state index contributed by atoms with van der Waals surface area (Å²) in [5, 5.41) is 2.98. The van der Waals surface area contributed by atoms with Gasteiger partial charge >= 0.3 is 0 Å². The Labute approximate surface area is 202 Å². The van der Waals surface area contributed by atoms with Crippen LogP contribution in [0.2, 0.25) is 0 Å². The van der Waals surface area contributed by atoms with E-state index >= 15 is 0 Å². The molecule has 0 saturated heterocycles. The summed E-state index contributed by atoms with van der Waals surface area (Å²) in [6, 6.07) is 11.7. The minimum atomic E-state index is -0.317. The molecule has 0 saturated carbocycles. The first-order valence-electron chi connectivity index (χ1n) is 11.1. The number of ketones is 1. The Kier molecular flexibility index (Phi) is 7.08. The van der Waals surface area contributed by atoms with Crippen molar-refractivity contribution in [1.29, 1.82) is 0 Å². The fraction of sp³-hybridized carbons (Fsp3) is 0.385. The van der Waals surface area contributed by atoms with E-state index in [2.05, 4.69) is 28.2 Å². The van der Waals surface area contributed by atoms with Gasteiger partial charge in [0, 0.05) is 30.0 Å². The van der Waals surface area contributed by atoms with Gasteiger partial charge in [-0.15, -0.1) is 0 Å². The first-order chi connectivity index (χ1) is 15.9. The number of amides is 1. The number of benzene rings is 2. The molecule has 7 heteroatoms. The van der Waals surface area contributed by atoms with Crippen molar-refractivity contribution >= 4 is 27.6 Å².